The van der Waals surface area contributed by atoms with Crippen LogP contribution in [0.5, 0.6) is 0 Å². The first-order chi connectivity index (χ1) is 7.27. The molecule has 0 N–H and O–H groups in total. The van der Waals surface area contributed by atoms with Gasteiger partial charge in [0, 0.05) is 37.4 Å². The van der Waals surface area contributed by atoms with E-state index in [9.17, 15) is 0 Å². The summed E-state index contributed by atoms with van der Waals surface area (Å²) in [6, 6.07) is 0.732. The van der Waals surface area contributed by atoms with Gasteiger partial charge in [0.2, 0.25) is 0 Å². The fourth-order valence-electron chi connectivity index (χ4n) is 1.81. The van der Waals surface area contributed by atoms with Gasteiger partial charge in [-0.05, 0) is 18.4 Å². The summed E-state index contributed by atoms with van der Waals surface area (Å²) >= 11 is 4.08. The first-order valence-corrected chi connectivity index (χ1v) is 8.20. The molecule has 90 valence electrons. The van der Waals surface area contributed by atoms with Crippen LogP contribution in [0, 0.1) is 0 Å². The largest absolute Gasteiger partial charge is 0.291 e. The molecule has 0 aromatic heterocycles. The van der Waals surface area contributed by atoms with Gasteiger partial charge in [0.05, 0.1) is 0 Å². The first kappa shape index (κ1) is 13.7. The lowest BCUT2D eigenvalue weighted by Crippen LogP contribution is -2.51. The molecule has 4 heteroatoms. The minimum atomic E-state index is 0.732. The summed E-state index contributed by atoms with van der Waals surface area (Å²) in [7, 11) is 0. The molecule has 0 aromatic carbocycles. The molecular formula is C11H24N2S2. The zero-order valence-corrected chi connectivity index (χ0v) is 11.9. The van der Waals surface area contributed by atoms with Crippen molar-refractivity contribution < 1.29 is 0 Å². The Labute approximate surface area is 103 Å². The van der Waals surface area contributed by atoms with Gasteiger partial charge >= 0.3 is 0 Å². The van der Waals surface area contributed by atoms with Crippen molar-refractivity contribution in [1.29, 1.82) is 0 Å². The van der Waals surface area contributed by atoms with Crippen molar-refractivity contribution in [1.82, 2.24) is 9.80 Å². The van der Waals surface area contributed by atoms with Crippen LogP contribution < -0.4 is 0 Å². The van der Waals surface area contributed by atoms with E-state index < -0.39 is 0 Å². The Morgan fingerprint density at radius 1 is 1.07 bits per heavy atom. The molecule has 0 bridgehead atoms. The van der Waals surface area contributed by atoms with Gasteiger partial charge in [-0.1, -0.05) is 13.8 Å². The molecule has 0 amide bonds. The van der Waals surface area contributed by atoms with E-state index in [1.165, 1.54) is 42.9 Å². The number of hydrogen-bond donors (Lipinski definition) is 0. The number of piperazine rings is 1. The third kappa shape index (κ3) is 4.98. The summed E-state index contributed by atoms with van der Waals surface area (Å²) in [6.45, 7) is 10.6. The van der Waals surface area contributed by atoms with E-state index in [2.05, 4.69) is 30.6 Å². The van der Waals surface area contributed by atoms with Crippen molar-refractivity contribution in [2.24, 2.45) is 0 Å². The summed E-state index contributed by atoms with van der Waals surface area (Å²) in [5.74, 6) is 4.90. The molecule has 0 saturated carbocycles. The number of nitrogens with zero attached hydrogens (tertiary/aromatic N) is 2. The van der Waals surface area contributed by atoms with Crippen molar-refractivity contribution in [2.75, 3.05) is 42.9 Å². The van der Waals surface area contributed by atoms with Crippen LogP contribution in [-0.4, -0.2) is 58.7 Å². The van der Waals surface area contributed by atoms with Crippen LogP contribution in [0.2, 0.25) is 0 Å². The second kappa shape index (κ2) is 7.82. The molecule has 0 radical (unpaired) electrons. The highest BCUT2D eigenvalue weighted by atomic mass is 32.2. The molecule has 1 atom stereocenters. The van der Waals surface area contributed by atoms with Gasteiger partial charge in [-0.15, -0.1) is 23.5 Å². The van der Waals surface area contributed by atoms with Gasteiger partial charge in [-0.25, -0.2) is 0 Å². The maximum absolute atomic E-state index is 2.61. The maximum Gasteiger partial charge on any atom is 0.0448 e. The van der Waals surface area contributed by atoms with Crippen molar-refractivity contribution in [2.45, 2.75) is 26.8 Å². The highest BCUT2D eigenvalue weighted by molar-refractivity contribution is 7.99. The Morgan fingerprint density at radius 3 is 2.33 bits per heavy atom. The Kier molecular flexibility index (Phi) is 7.14. The zero-order valence-electron chi connectivity index (χ0n) is 10.2. The standard InChI is InChI=1S/C11H24N2S2/c1-4-14-9-12-6-7-13(10-15-5-2)11(3)8-12/h11H,4-10H2,1-3H3. The molecular weight excluding hydrogens is 224 g/mol. The van der Waals surface area contributed by atoms with E-state index >= 15 is 0 Å². The molecule has 1 rings (SSSR count). The van der Waals surface area contributed by atoms with E-state index in [0.717, 1.165) is 6.04 Å². The predicted octanol–water partition coefficient (Wildman–Crippen LogP) is 2.41. The van der Waals surface area contributed by atoms with E-state index in [0.29, 0.717) is 0 Å². The normalized spacial score (nSPS) is 24.6. The lowest BCUT2D eigenvalue weighted by molar-refractivity contribution is 0.115. The summed E-state index contributed by atoms with van der Waals surface area (Å²) in [5.41, 5.74) is 0. The van der Waals surface area contributed by atoms with Crippen molar-refractivity contribution >= 4 is 23.5 Å². The molecule has 15 heavy (non-hydrogen) atoms. The van der Waals surface area contributed by atoms with E-state index in [-0.39, 0.29) is 0 Å². The Morgan fingerprint density at radius 2 is 1.73 bits per heavy atom. The van der Waals surface area contributed by atoms with Crippen LogP contribution in [0.15, 0.2) is 0 Å². The minimum Gasteiger partial charge on any atom is -0.291 e. The minimum absolute atomic E-state index is 0.732. The molecule has 1 aliphatic heterocycles. The summed E-state index contributed by atoms with van der Waals surface area (Å²) in [6.07, 6.45) is 0. The summed E-state index contributed by atoms with van der Waals surface area (Å²) in [5, 5.41) is 0. The lowest BCUT2D eigenvalue weighted by Gasteiger charge is -2.39. The topological polar surface area (TPSA) is 6.48 Å². The van der Waals surface area contributed by atoms with Crippen molar-refractivity contribution in [3.8, 4) is 0 Å². The van der Waals surface area contributed by atoms with Crippen LogP contribution >= 0.6 is 23.5 Å². The molecule has 0 spiro atoms. The molecule has 1 aliphatic rings. The van der Waals surface area contributed by atoms with Crippen LogP contribution in [0.4, 0.5) is 0 Å². The average molecular weight is 248 g/mol. The van der Waals surface area contributed by atoms with Crippen LogP contribution in [-0.2, 0) is 0 Å². The molecule has 1 heterocycles. The smallest absolute Gasteiger partial charge is 0.0448 e. The van der Waals surface area contributed by atoms with Crippen molar-refractivity contribution in [3.05, 3.63) is 0 Å². The highest BCUT2D eigenvalue weighted by Crippen LogP contribution is 2.15. The average Bonchev–Trinajstić information content (AvgIpc) is 2.25. The van der Waals surface area contributed by atoms with E-state index in [1.54, 1.807) is 0 Å². The van der Waals surface area contributed by atoms with E-state index in [4.69, 9.17) is 0 Å². The van der Waals surface area contributed by atoms with Gasteiger partial charge in [-0.2, -0.15) is 0 Å². The first-order valence-electron chi connectivity index (χ1n) is 5.89. The van der Waals surface area contributed by atoms with Gasteiger partial charge in [0.15, 0.2) is 0 Å². The quantitative estimate of drug-likeness (QED) is 0.712. The molecule has 1 fully saturated rings. The molecule has 2 nitrogen and oxygen atoms in total. The Bertz CT molecular complexity index is 167. The van der Waals surface area contributed by atoms with E-state index in [1.807, 2.05) is 23.5 Å². The zero-order chi connectivity index (χ0) is 11.1. The monoisotopic (exact) mass is 248 g/mol. The van der Waals surface area contributed by atoms with Crippen LogP contribution in [0.3, 0.4) is 0 Å². The molecule has 0 aromatic rings. The summed E-state index contributed by atoms with van der Waals surface area (Å²) in [4.78, 5) is 5.20. The SMILES string of the molecule is CCSCN1CCN(CSCC)C(C)C1. The maximum atomic E-state index is 2.61. The fraction of sp³-hybridized carbons (Fsp3) is 1.00. The molecule has 1 unspecified atom stereocenters. The predicted molar refractivity (Wildman–Crippen MR) is 73.7 cm³/mol. The number of thioether (sulfide) groups is 2. The molecule has 1 saturated heterocycles. The second-order valence-corrected chi connectivity index (χ2v) is 6.47. The van der Waals surface area contributed by atoms with Gasteiger partial charge in [0.25, 0.3) is 0 Å². The van der Waals surface area contributed by atoms with Gasteiger partial charge in [-0.3, -0.25) is 9.80 Å². The van der Waals surface area contributed by atoms with Crippen LogP contribution in [0.1, 0.15) is 20.8 Å². The number of rotatable bonds is 6. The lowest BCUT2D eigenvalue weighted by atomic mass is 10.2. The fourth-order valence-corrected chi connectivity index (χ4v) is 3.28. The van der Waals surface area contributed by atoms with Crippen molar-refractivity contribution in [3.63, 3.8) is 0 Å². The Balaban J connectivity index is 2.21. The summed E-state index contributed by atoms with van der Waals surface area (Å²) < 4.78 is 0. The van der Waals surface area contributed by atoms with Gasteiger partial charge < -0.3 is 0 Å². The highest BCUT2D eigenvalue weighted by Gasteiger charge is 2.22. The second-order valence-electron chi connectivity index (χ2n) is 3.98. The molecule has 0 aliphatic carbocycles. The Hall–Kier alpha value is 0.620. The third-order valence-electron chi connectivity index (χ3n) is 2.79. The number of hydrogen-bond acceptors (Lipinski definition) is 4. The third-order valence-corrected chi connectivity index (χ3v) is 4.67. The van der Waals surface area contributed by atoms with Crippen LogP contribution in [0.25, 0.3) is 0 Å². The van der Waals surface area contributed by atoms with Gasteiger partial charge in [0.1, 0.15) is 0 Å².